The highest BCUT2D eigenvalue weighted by molar-refractivity contribution is 5.81. The molecule has 3 aromatic rings. The number of carbonyl (C=O) groups excluding carboxylic acids is 1. The minimum Gasteiger partial charge on any atom is -0.380 e. The van der Waals surface area contributed by atoms with Gasteiger partial charge in [0.05, 0.1) is 18.2 Å². The first-order valence-corrected chi connectivity index (χ1v) is 8.22. The largest absolute Gasteiger partial charge is 0.380 e. The number of rotatable bonds is 6. The molecule has 0 aromatic carbocycles. The van der Waals surface area contributed by atoms with E-state index in [-0.39, 0.29) is 0 Å². The van der Waals surface area contributed by atoms with Gasteiger partial charge in [-0.1, -0.05) is 0 Å². The van der Waals surface area contributed by atoms with Crippen molar-refractivity contribution in [1.82, 2.24) is 34.8 Å². The molecule has 3 aromatic heterocycles. The van der Waals surface area contributed by atoms with Crippen molar-refractivity contribution in [3.8, 4) is 5.82 Å². The maximum absolute atomic E-state index is 11.4. The van der Waals surface area contributed by atoms with Gasteiger partial charge in [0.15, 0.2) is 17.8 Å². The van der Waals surface area contributed by atoms with E-state index in [9.17, 15) is 4.79 Å². The monoisotopic (exact) mass is 341 g/mol. The highest BCUT2D eigenvalue weighted by Gasteiger charge is 2.21. The molecule has 0 aliphatic carbocycles. The lowest BCUT2D eigenvalue weighted by Crippen LogP contribution is -2.33. The standard InChI is InChI=1S/C16H19N7O2/c1-22(12-3-5-25-9-12)4-2-11-7-23(21-14(11)8-24)16-13-6-19-20-15(13)17-10-18-16/h6-8,10,12H,2-5,9H2,1H3,(H,17,18,19,20). The Bertz CT molecular complexity index is 882. The molecule has 9 nitrogen and oxygen atoms in total. The molecule has 0 bridgehead atoms. The molecular weight excluding hydrogens is 322 g/mol. The van der Waals surface area contributed by atoms with Gasteiger partial charge >= 0.3 is 0 Å². The fraction of sp³-hybridized carbons (Fsp3) is 0.438. The van der Waals surface area contributed by atoms with Gasteiger partial charge in [0.2, 0.25) is 0 Å². The van der Waals surface area contributed by atoms with Gasteiger partial charge < -0.3 is 9.64 Å². The summed E-state index contributed by atoms with van der Waals surface area (Å²) in [6.45, 7) is 2.43. The van der Waals surface area contributed by atoms with Crippen LogP contribution < -0.4 is 0 Å². The zero-order valence-corrected chi connectivity index (χ0v) is 13.9. The van der Waals surface area contributed by atoms with Crippen molar-refractivity contribution in [1.29, 1.82) is 0 Å². The molecule has 1 aliphatic rings. The van der Waals surface area contributed by atoms with Gasteiger partial charge in [-0.15, -0.1) is 0 Å². The summed E-state index contributed by atoms with van der Waals surface area (Å²) < 4.78 is 7.06. The van der Waals surface area contributed by atoms with Gasteiger partial charge in [-0.3, -0.25) is 9.89 Å². The number of ether oxygens (including phenoxy) is 1. The quantitative estimate of drug-likeness (QED) is 0.656. The van der Waals surface area contributed by atoms with E-state index in [1.165, 1.54) is 6.33 Å². The third-order valence-electron chi connectivity index (χ3n) is 4.64. The van der Waals surface area contributed by atoms with Crippen molar-refractivity contribution < 1.29 is 9.53 Å². The van der Waals surface area contributed by atoms with Crippen molar-refractivity contribution in [2.75, 3.05) is 26.8 Å². The first-order chi connectivity index (χ1) is 12.3. The van der Waals surface area contributed by atoms with Crippen LogP contribution in [0.3, 0.4) is 0 Å². The molecule has 0 spiro atoms. The Labute approximate surface area is 144 Å². The number of likely N-dealkylation sites (N-methyl/N-ethyl adjacent to an activating group) is 1. The minimum absolute atomic E-state index is 0.436. The second-order valence-corrected chi connectivity index (χ2v) is 6.18. The van der Waals surface area contributed by atoms with Gasteiger partial charge in [-0.2, -0.15) is 10.2 Å². The van der Waals surface area contributed by atoms with Crippen LogP contribution in [-0.2, 0) is 11.2 Å². The summed E-state index contributed by atoms with van der Waals surface area (Å²) in [5, 5.41) is 11.9. The average Bonchev–Trinajstić information content (AvgIpc) is 3.39. The Morgan fingerprint density at radius 3 is 3.20 bits per heavy atom. The van der Waals surface area contributed by atoms with Crippen LogP contribution in [0, 0.1) is 0 Å². The van der Waals surface area contributed by atoms with Crippen molar-refractivity contribution in [3.05, 3.63) is 30.0 Å². The van der Waals surface area contributed by atoms with Crippen molar-refractivity contribution in [3.63, 3.8) is 0 Å². The molecule has 0 saturated carbocycles. The third kappa shape index (κ3) is 3.03. The van der Waals surface area contributed by atoms with Gasteiger partial charge in [0, 0.05) is 31.0 Å². The van der Waals surface area contributed by atoms with E-state index in [0.29, 0.717) is 23.2 Å². The average molecular weight is 341 g/mol. The zero-order valence-electron chi connectivity index (χ0n) is 13.9. The first-order valence-electron chi connectivity index (χ1n) is 8.22. The predicted molar refractivity (Wildman–Crippen MR) is 89.8 cm³/mol. The number of aldehydes is 1. The second-order valence-electron chi connectivity index (χ2n) is 6.18. The number of fused-ring (bicyclic) bond motifs is 1. The molecule has 4 rings (SSSR count). The summed E-state index contributed by atoms with van der Waals surface area (Å²) in [7, 11) is 2.09. The fourth-order valence-corrected chi connectivity index (χ4v) is 3.11. The molecule has 1 N–H and O–H groups in total. The van der Waals surface area contributed by atoms with E-state index in [1.54, 1.807) is 10.9 Å². The topological polar surface area (TPSA) is 102 Å². The lowest BCUT2D eigenvalue weighted by atomic mass is 10.1. The molecule has 130 valence electrons. The van der Waals surface area contributed by atoms with Gasteiger partial charge in [0.1, 0.15) is 12.0 Å². The van der Waals surface area contributed by atoms with Crippen LogP contribution in [0.25, 0.3) is 16.9 Å². The number of H-pyrrole nitrogens is 1. The molecular formula is C16H19N7O2. The number of hydrogen-bond donors (Lipinski definition) is 1. The summed E-state index contributed by atoms with van der Waals surface area (Å²) in [5.74, 6) is 0.602. The summed E-state index contributed by atoms with van der Waals surface area (Å²) in [5.41, 5.74) is 1.97. The first kappa shape index (κ1) is 15.9. The van der Waals surface area contributed by atoms with E-state index in [4.69, 9.17) is 4.74 Å². The molecule has 4 heterocycles. The van der Waals surface area contributed by atoms with Crippen LogP contribution in [-0.4, -0.2) is 74.0 Å². The van der Waals surface area contributed by atoms with Crippen molar-refractivity contribution >= 4 is 17.3 Å². The lowest BCUT2D eigenvalue weighted by Gasteiger charge is -2.22. The van der Waals surface area contributed by atoms with Crippen LogP contribution in [0.1, 0.15) is 22.5 Å². The molecule has 0 amide bonds. The number of aromatic nitrogens is 6. The van der Waals surface area contributed by atoms with E-state index >= 15 is 0 Å². The van der Waals surface area contributed by atoms with Crippen LogP contribution in [0.15, 0.2) is 18.7 Å². The SMILES string of the molecule is CN(CCc1cn(-c2ncnc3[nH]ncc23)nc1C=O)C1CCOC1. The lowest BCUT2D eigenvalue weighted by molar-refractivity contribution is 0.111. The number of hydrogen-bond acceptors (Lipinski definition) is 7. The van der Waals surface area contributed by atoms with E-state index in [0.717, 1.165) is 49.8 Å². The van der Waals surface area contributed by atoms with Crippen molar-refractivity contribution in [2.24, 2.45) is 0 Å². The Balaban J connectivity index is 1.57. The summed E-state index contributed by atoms with van der Waals surface area (Å²) in [4.78, 5) is 22.1. The van der Waals surface area contributed by atoms with Crippen LogP contribution >= 0.6 is 0 Å². The molecule has 1 atom stereocenters. The molecule has 0 radical (unpaired) electrons. The highest BCUT2D eigenvalue weighted by Crippen LogP contribution is 2.18. The van der Waals surface area contributed by atoms with E-state index in [2.05, 4.69) is 37.2 Å². The molecule has 1 fully saturated rings. The third-order valence-corrected chi connectivity index (χ3v) is 4.64. The molecule has 1 saturated heterocycles. The number of nitrogens with zero attached hydrogens (tertiary/aromatic N) is 6. The maximum atomic E-state index is 11.4. The number of aromatic amines is 1. The Morgan fingerprint density at radius 1 is 1.48 bits per heavy atom. The summed E-state index contributed by atoms with van der Waals surface area (Å²) >= 11 is 0. The summed E-state index contributed by atoms with van der Waals surface area (Å²) in [6.07, 6.45) is 7.54. The fourth-order valence-electron chi connectivity index (χ4n) is 3.11. The van der Waals surface area contributed by atoms with E-state index in [1.807, 2.05) is 6.20 Å². The van der Waals surface area contributed by atoms with Crippen LogP contribution in [0.2, 0.25) is 0 Å². The van der Waals surface area contributed by atoms with Crippen LogP contribution in [0.5, 0.6) is 0 Å². The maximum Gasteiger partial charge on any atom is 0.170 e. The smallest absolute Gasteiger partial charge is 0.170 e. The van der Waals surface area contributed by atoms with Gasteiger partial charge in [0.25, 0.3) is 0 Å². The van der Waals surface area contributed by atoms with Gasteiger partial charge in [-0.05, 0) is 19.9 Å². The molecule has 1 unspecified atom stereocenters. The molecule has 1 aliphatic heterocycles. The Kier molecular flexibility index (Phi) is 4.24. The van der Waals surface area contributed by atoms with Crippen LogP contribution in [0.4, 0.5) is 0 Å². The number of carbonyl (C=O) groups is 1. The molecule has 25 heavy (non-hydrogen) atoms. The predicted octanol–water partition coefficient (Wildman–Crippen LogP) is 0.614. The number of nitrogens with one attached hydrogen (secondary N) is 1. The second kappa shape index (κ2) is 6.69. The minimum atomic E-state index is 0.436. The van der Waals surface area contributed by atoms with E-state index < -0.39 is 0 Å². The van der Waals surface area contributed by atoms with Gasteiger partial charge in [-0.25, -0.2) is 14.6 Å². The zero-order chi connectivity index (χ0) is 17.2. The highest BCUT2D eigenvalue weighted by atomic mass is 16.5. The Hall–Kier alpha value is -2.65. The molecule has 9 heteroatoms. The summed E-state index contributed by atoms with van der Waals surface area (Å²) in [6, 6.07) is 0.446. The van der Waals surface area contributed by atoms with Crippen molar-refractivity contribution in [2.45, 2.75) is 18.9 Å². The normalized spacial score (nSPS) is 17.6. The Morgan fingerprint density at radius 2 is 2.40 bits per heavy atom.